The predicted molar refractivity (Wildman–Crippen MR) is 264 cm³/mol. The van der Waals surface area contributed by atoms with Gasteiger partial charge in [0, 0.05) is 22.2 Å². The van der Waals surface area contributed by atoms with Crippen molar-refractivity contribution in [2.24, 2.45) is 0 Å². The third-order valence-corrected chi connectivity index (χ3v) is 13.9. The Morgan fingerprint density at radius 3 is 1.43 bits per heavy atom. The second-order valence-electron chi connectivity index (χ2n) is 17.6. The molecule has 63 heavy (non-hydrogen) atoms. The summed E-state index contributed by atoms with van der Waals surface area (Å²) in [6.07, 6.45) is 0. The lowest BCUT2D eigenvalue weighted by Crippen LogP contribution is -2.40. The van der Waals surface area contributed by atoms with Gasteiger partial charge in [0.15, 0.2) is 0 Å². The van der Waals surface area contributed by atoms with Crippen LogP contribution < -0.4 is 4.90 Å². The summed E-state index contributed by atoms with van der Waals surface area (Å²) in [5.41, 5.74) is 21.0. The molecule has 1 spiro atoms. The molecule has 0 saturated heterocycles. The SMILES string of the molecule is CC1(C)c2ccccc2C2(c3ccccc3-c3ccc(-c4cccc(-c5cccc(-c6ccc(N(c7ccccc7)c7cccc8ccccc78)cc6)c5)c4)cc32)c2ccccc21. The molecule has 0 bridgehead atoms. The Bertz CT molecular complexity index is 3320. The minimum Gasteiger partial charge on any atom is -0.310 e. The number of hydrogen-bond donors (Lipinski definition) is 0. The molecule has 0 aliphatic heterocycles. The van der Waals surface area contributed by atoms with E-state index in [2.05, 4.69) is 255 Å². The van der Waals surface area contributed by atoms with E-state index in [1.54, 1.807) is 0 Å². The van der Waals surface area contributed by atoms with Crippen molar-refractivity contribution in [3.05, 3.63) is 270 Å². The number of para-hydroxylation sites is 1. The van der Waals surface area contributed by atoms with Crippen molar-refractivity contribution in [1.29, 1.82) is 0 Å². The highest BCUT2D eigenvalue weighted by molar-refractivity contribution is 5.99. The average molecular weight is 804 g/mol. The Labute approximate surface area is 370 Å². The van der Waals surface area contributed by atoms with Gasteiger partial charge in [-0.05, 0) is 132 Å². The number of fused-ring (bicyclic) bond motifs is 10. The van der Waals surface area contributed by atoms with Gasteiger partial charge in [-0.2, -0.15) is 0 Å². The summed E-state index contributed by atoms with van der Waals surface area (Å²) >= 11 is 0. The molecule has 0 unspecified atom stereocenters. The van der Waals surface area contributed by atoms with Gasteiger partial charge >= 0.3 is 0 Å². The first-order valence-electron chi connectivity index (χ1n) is 22.1. The Morgan fingerprint density at radius 1 is 0.302 bits per heavy atom. The van der Waals surface area contributed by atoms with Crippen LogP contribution in [-0.4, -0.2) is 0 Å². The van der Waals surface area contributed by atoms with Crippen LogP contribution in [0.5, 0.6) is 0 Å². The lowest BCUT2D eigenvalue weighted by atomic mass is 9.55. The first-order valence-corrected chi connectivity index (χ1v) is 22.1. The summed E-state index contributed by atoms with van der Waals surface area (Å²) in [6.45, 7) is 4.77. The Hall–Kier alpha value is -7.74. The number of anilines is 3. The molecular formula is C62H45N. The van der Waals surface area contributed by atoms with E-state index in [0.29, 0.717) is 0 Å². The second-order valence-corrected chi connectivity index (χ2v) is 17.6. The molecule has 12 rings (SSSR count). The van der Waals surface area contributed by atoms with E-state index in [0.717, 1.165) is 17.1 Å². The second kappa shape index (κ2) is 14.4. The van der Waals surface area contributed by atoms with Crippen LogP contribution in [0, 0.1) is 0 Å². The smallest absolute Gasteiger partial charge is 0.0719 e. The first-order chi connectivity index (χ1) is 31.0. The van der Waals surface area contributed by atoms with E-state index in [4.69, 9.17) is 0 Å². The lowest BCUT2D eigenvalue weighted by molar-refractivity contribution is 0.563. The van der Waals surface area contributed by atoms with Crippen LogP contribution >= 0.6 is 0 Å². The fourth-order valence-corrected chi connectivity index (χ4v) is 11.0. The van der Waals surface area contributed by atoms with Crippen molar-refractivity contribution in [3.8, 4) is 44.5 Å². The van der Waals surface area contributed by atoms with Gasteiger partial charge in [-0.15, -0.1) is 0 Å². The average Bonchev–Trinajstić information content (AvgIpc) is 3.64. The topological polar surface area (TPSA) is 3.24 Å². The largest absolute Gasteiger partial charge is 0.310 e. The summed E-state index contributed by atoms with van der Waals surface area (Å²) in [5, 5.41) is 2.45. The zero-order valence-electron chi connectivity index (χ0n) is 35.5. The van der Waals surface area contributed by atoms with Crippen molar-refractivity contribution in [2.75, 3.05) is 4.90 Å². The van der Waals surface area contributed by atoms with Crippen molar-refractivity contribution in [2.45, 2.75) is 24.7 Å². The quantitative estimate of drug-likeness (QED) is 0.162. The molecule has 298 valence electrons. The van der Waals surface area contributed by atoms with Crippen LogP contribution in [0.1, 0.15) is 47.2 Å². The van der Waals surface area contributed by atoms with Crippen LogP contribution in [0.15, 0.2) is 237 Å². The molecule has 0 aromatic heterocycles. The van der Waals surface area contributed by atoms with Crippen molar-refractivity contribution >= 4 is 27.8 Å². The van der Waals surface area contributed by atoms with E-state index >= 15 is 0 Å². The summed E-state index contributed by atoms with van der Waals surface area (Å²) in [5.74, 6) is 0. The van der Waals surface area contributed by atoms with E-state index in [-0.39, 0.29) is 5.41 Å². The van der Waals surface area contributed by atoms with Gasteiger partial charge in [-0.25, -0.2) is 0 Å². The fraction of sp³-hybridized carbons (Fsp3) is 0.0645. The maximum atomic E-state index is 2.50. The summed E-state index contributed by atoms with van der Waals surface area (Å²) < 4.78 is 0. The normalized spacial score (nSPS) is 13.8. The van der Waals surface area contributed by atoms with Crippen molar-refractivity contribution < 1.29 is 0 Å². The molecular weight excluding hydrogens is 759 g/mol. The van der Waals surface area contributed by atoms with Crippen molar-refractivity contribution in [3.63, 3.8) is 0 Å². The van der Waals surface area contributed by atoms with Crippen LogP contribution in [0.3, 0.4) is 0 Å². The molecule has 1 nitrogen and oxygen atoms in total. The monoisotopic (exact) mass is 803 g/mol. The van der Waals surface area contributed by atoms with Gasteiger partial charge in [-0.3, -0.25) is 0 Å². The molecule has 10 aromatic rings. The van der Waals surface area contributed by atoms with Gasteiger partial charge < -0.3 is 4.90 Å². The van der Waals surface area contributed by atoms with Crippen LogP contribution in [0.25, 0.3) is 55.3 Å². The first kappa shape index (κ1) is 37.1. The molecule has 0 amide bonds. The van der Waals surface area contributed by atoms with Gasteiger partial charge in [0.1, 0.15) is 0 Å². The van der Waals surface area contributed by atoms with Gasteiger partial charge in [0.25, 0.3) is 0 Å². The fourth-order valence-electron chi connectivity index (χ4n) is 11.0. The number of benzene rings is 10. The van der Waals surface area contributed by atoms with Crippen LogP contribution in [0.4, 0.5) is 17.1 Å². The van der Waals surface area contributed by atoms with Gasteiger partial charge in [-0.1, -0.05) is 202 Å². The zero-order chi connectivity index (χ0) is 42.1. The summed E-state index contributed by atoms with van der Waals surface area (Å²) in [4.78, 5) is 2.36. The maximum absolute atomic E-state index is 2.50. The third-order valence-electron chi connectivity index (χ3n) is 13.9. The molecule has 1 heteroatoms. The molecule has 0 atom stereocenters. The van der Waals surface area contributed by atoms with Crippen LogP contribution in [0.2, 0.25) is 0 Å². The third kappa shape index (κ3) is 5.70. The molecule has 0 saturated carbocycles. The van der Waals surface area contributed by atoms with Gasteiger partial charge in [0.05, 0.1) is 11.1 Å². The highest BCUT2D eigenvalue weighted by Crippen LogP contribution is 2.62. The molecule has 0 N–H and O–H groups in total. The maximum Gasteiger partial charge on any atom is 0.0719 e. The number of nitrogens with zero attached hydrogens (tertiary/aromatic N) is 1. The van der Waals surface area contributed by atoms with Crippen LogP contribution in [-0.2, 0) is 10.8 Å². The lowest BCUT2D eigenvalue weighted by Gasteiger charge is -2.46. The number of rotatable bonds is 6. The van der Waals surface area contributed by atoms with E-state index in [9.17, 15) is 0 Å². The Balaban J connectivity index is 0.923. The summed E-state index contributed by atoms with van der Waals surface area (Å²) in [6, 6.07) is 87.6. The standard InChI is InChI=1S/C62H45N/c1-61(2)55-28-10-12-30-57(55)62(58-31-13-11-29-56(58)61)54-27-9-8-26-52(54)53-38-35-48(41-59(53)62)47-22-15-21-46(40-47)45-20-14-19-44(39-45)42-33-36-50(37-34-42)63(49-23-4-3-5-24-49)60-32-16-18-43-17-6-7-25-51(43)60/h3-41H,1-2H3. The molecule has 2 aliphatic carbocycles. The Kier molecular flexibility index (Phi) is 8.49. The van der Waals surface area contributed by atoms with Crippen molar-refractivity contribution in [1.82, 2.24) is 0 Å². The highest BCUT2D eigenvalue weighted by atomic mass is 15.1. The summed E-state index contributed by atoms with van der Waals surface area (Å²) in [7, 11) is 0. The number of hydrogen-bond acceptors (Lipinski definition) is 1. The predicted octanol–water partition coefficient (Wildman–Crippen LogP) is 16.3. The minimum absolute atomic E-state index is 0.126. The van der Waals surface area contributed by atoms with Gasteiger partial charge in [0.2, 0.25) is 0 Å². The zero-order valence-corrected chi connectivity index (χ0v) is 35.5. The molecule has 0 fully saturated rings. The molecule has 10 aromatic carbocycles. The molecule has 2 aliphatic rings. The minimum atomic E-state index is -0.418. The van der Waals surface area contributed by atoms with E-state index in [1.807, 2.05) is 0 Å². The Morgan fingerprint density at radius 2 is 0.762 bits per heavy atom. The molecule has 0 radical (unpaired) electrons. The van der Waals surface area contributed by atoms with E-state index < -0.39 is 5.41 Å². The highest BCUT2D eigenvalue weighted by Gasteiger charge is 2.53. The molecule has 0 heterocycles. The van der Waals surface area contributed by atoms with E-state index in [1.165, 1.54) is 88.7 Å².